The Morgan fingerprint density at radius 1 is 1.75 bits per heavy atom. The van der Waals surface area contributed by atoms with E-state index in [1.165, 1.54) is 12.8 Å². The maximum atomic E-state index is 8.44. The first-order valence-corrected chi connectivity index (χ1v) is 4.01. The standard InChI is InChI=1S/C8H10N4/c9-3-4-12-8(10)5-7(11-12)6-1-2-6/h5-6H,1-2,4,10H2. The van der Waals surface area contributed by atoms with Crippen LogP contribution < -0.4 is 5.73 Å². The topological polar surface area (TPSA) is 67.6 Å². The molecule has 12 heavy (non-hydrogen) atoms. The van der Waals surface area contributed by atoms with E-state index >= 15 is 0 Å². The summed E-state index contributed by atoms with van der Waals surface area (Å²) in [5.41, 5.74) is 6.69. The number of rotatable bonds is 2. The molecular weight excluding hydrogens is 152 g/mol. The van der Waals surface area contributed by atoms with Crippen LogP contribution in [-0.2, 0) is 6.54 Å². The molecule has 0 aromatic carbocycles. The number of nitrogens with zero attached hydrogens (tertiary/aromatic N) is 3. The first-order valence-electron chi connectivity index (χ1n) is 4.01. The molecule has 2 N–H and O–H groups in total. The Kier molecular flexibility index (Phi) is 1.51. The largest absolute Gasteiger partial charge is 0.384 e. The van der Waals surface area contributed by atoms with E-state index in [1.54, 1.807) is 4.68 Å². The van der Waals surface area contributed by atoms with E-state index in [0.717, 1.165) is 5.69 Å². The van der Waals surface area contributed by atoms with E-state index in [9.17, 15) is 0 Å². The maximum Gasteiger partial charge on any atom is 0.130 e. The average molecular weight is 162 g/mol. The highest BCUT2D eigenvalue weighted by Gasteiger charge is 2.26. The molecule has 2 rings (SSSR count). The zero-order valence-electron chi connectivity index (χ0n) is 6.70. The Labute approximate surface area is 70.6 Å². The highest BCUT2D eigenvalue weighted by Crippen LogP contribution is 2.39. The molecule has 0 unspecified atom stereocenters. The molecule has 4 nitrogen and oxygen atoms in total. The molecule has 0 bridgehead atoms. The minimum absolute atomic E-state index is 0.249. The van der Waals surface area contributed by atoms with E-state index in [4.69, 9.17) is 11.0 Å². The first kappa shape index (κ1) is 7.17. The molecule has 1 heterocycles. The fourth-order valence-corrected chi connectivity index (χ4v) is 1.22. The second-order valence-electron chi connectivity index (χ2n) is 3.08. The smallest absolute Gasteiger partial charge is 0.130 e. The second-order valence-corrected chi connectivity index (χ2v) is 3.08. The van der Waals surface area contributed by atoms with Gasteiger partial charge in [0.05, 0.1) is 11.8 Å². The number of hydrogen-bond donors (Lipinski definition) is 1. The van der Waals surface area contributed by atoms with Crippen LogP contribution in [0, 0.1) is 11.3 Å². The van der Waals surface area contributed by atoms with Crippen molar-refractivity contribution in [3.63, 3.8) is 0 Å². The van der Waals surface area contributed by atoms with Crippen molar-refractivity contribution >= 4 is 5.82 Å². The van der Waals surface area contributed by atoms with Crippen LogP contribution in [0.2, 0.25) is 0 Å². The number of hydrogen-bond acceptors (Lipinski definition) is 3. The molecule has 0 spiro atoms. The lowest BCUT2D eigenvalue weighted by molar-refractivity contribution is 0.702. The summed E-state index contributed by atoms with van der Waals surface area (Å²) in [6, 6.07) is 3.89. The Balaban J connectivity index is 2.25. The van der Waals surface area contributed by atoms with E-state index in [-0.39, 0.29) is 6.54 Å². The van der Waals surface area contributed by atoms with Crippen LogP contribution >= 0.6 is 0 Å². The minimum atomic E-state index is 0.249. The second kappa shape index (κ2) is 2.52. The zero-order valence-corrected chi connectivity index (χ0v) is 6.70. The molecule has 4 heteroatoms. The summed E-state index contributed by atoms with van der Waals surface area (Å²) in [6.07, 6.45) is 2.42. The normalized spacial score (nSPS) is 15.9. The van der Waals surface area contributed by atoms with Gasteiger partial charge in [0.1, 0.15) is 12.4 Å². The molecule has 0 atom stereocenters. The van der Waals surface area contributed by atoms with Gasteiger partial charge in [0.2, 0.25) is 0 Å². The molecule has 62 valence electrons. The molecule has 1 aromatic rings. The van der Waals surface area contributed by atoms with Crippen molar-refractivity contribution in [3.05, 3.63) is 11.8 Å². The molecule has 0 aliphatic heterocycles. The van der Waals surface area contributed by atoms with E-state index < -0.39 is 0 Å². The van der Waals surface area contributed by atoms with Crippen LogP contribution in [0.3, 0.4) is 0 Å². The Morgan fingerprint density at radius 2 is 2.50 bits per heavy atom. The van der Waals surface area contributed by atoms with Gasteiger partial charge in [-0.05, 0) is 12.8 Å². The summed E-state index contributed by atoms with van der Waals surface area (Å²) >= 11 is 0. The predicted molar refractivity (Wildman–Crippen MR) is 44.2 cm³/mol. The third kappa shape index (κ3) is 1.14. The SMILES string of the molecule is N#CCn1nc(C2CC2)cc1N. The minimum Gasteiger partial charge on any atom is -0.384 e. The van der Waals surface area contributed by atoms with Gasteiger partial charge in [-0.3, -0.25) is 0 Å². The molecule has 0 saturated heterocycles. The van der Waals surface area contributed by atoms with Crippen molar-refractivity contribution in [3.8, 4) is 6.07 Å². The van der Waals surface area contributed by atoms with Gasteiger partial charge in [0, 0.05) is 12.0 Å². The Hall–Kier alpha value is -1.50. The summed E-state index contributed by atoms with van der Waals surface area (Å²) in [6.45, 7) is 0.249. The molecular formula is C8H10N4. The molecule has 1 aliphatic rings. The molecule has 1 aromatic heterocycles. The monoisotopic (exact) mass is 162 g/mol. The fourth-order valence-electron chi connectivity index (χ4n) is 1.22. The van der Waals surface area contributed by atoms with E-state index in [0.29, 0.717) is 11.7 Å². The molecule has 1 saturated carbocycles. The van der Waals surface area contributed by atoms with Crippen LogP contribution in [0.1, 0.15) is 24.5 Å². The van der Waals surface area contributed by atoms with Gasteiger partial charge in [-0.1, -0.05) is 0 Å². The molecule has 1 fully saturated rings. The van der Waals surface area contributed by atoms with Gasteiger partial charge < -0.3 is 5.73 Å². The van der Waals surface area contributed by atoms with Crippen LogP contribution in [-0.4, -0.2) is 9.78 Å². The van der Waals surface area contributed by atoms with Gasteiger partial charge in [-0.2, -0.15) is 10.4 Å². The molecule has 1 aliphatic carbocycles. The van der Waals surface area contributed by atoms with Crippen molar-refractivity contribution in [2.75, 3.05) is 5.73 Å². The van der Waals surface area contributed by atoms with Gasteiger partial charge in [0.25, 0.3) is 0 Å². The fraction of sp³-hybridized carbons (Fsp3) is 0.500. The quantitative estimate of drug-likeness (QED) is 0.701. The van der Waals surface area contributed by atoms with Crippen molar-refractivity contribution in [2.24, 2.45) is 0 Å². The summed E-state index contributed by atoms with van der Waals surface area (Å²) in [7, 11) is 0. The summed E-state index contributed by atoms with van der Waals surface area (Å²) < 4.78 is 1.55. The highest BCUT2D eigenvalue weighted by atomic mass is 15.3. The number of aromatic nitrogens is 2. The number of anilines is 1. The lowest BCUT2D eigenvalue weighted by Gasteiger charge is -1.93. The summed E-state index contributed by atoms with van der Waals surface area (Å²) in [4.78, 5) is 0. The predicted octanol–water partition coefficient (Wildman–Crippen LogP) is 0.866. The average Bonchev–Trinajstić information content (AvgIpc) is 2.80. The van der Waals surface area contributed by atoms with Crippen molar-refractivity contribution in [1.29, 1.82) is 5.26 Å². The van der Waals surface area contributed by atoms with Crippen LogP contribution in [0.15, 0.2) is 6.07 Å². The lowest BCUT2D eigenvalue weighted by Crippen LogP contribution is -2.02. The number of nitrogens with two attached hydrogens (primary N) is 1. The third-order valence-corrected chi connectivity index (χ3v) is 2.05. The van der Waals surface area contributed by atoms with E-state index in [2.05, 4.69) is 5.10 Å². The van der Waals surface area contributed by atoms with Crippen LogP contribution in [0.25, 0.3) is 0 Å². The van der Waals surface area contributed by atoms with Gasteiger partial charge in [0.15, 0.2) is 0 Å². The highest BCUT2D eigenvalue weighted by molar-refractivity contribution is 5.34. The van der Waals surface area contributed by atoms with Crippen molar-refractivity contribution < 1.29 is 0 Å². The number of nitriles is 1. The van der Waals surface area contributed by atoms with Crippen molar-refractivity contribution in [1.82, 2.24) is 9.78 Å². The first-order chi connectivity index (χ1) is 5.81. The van der Waals surface area contributed by atoms with Crippen LogP contribution in [0.4, 0.5) is 5.82 Å². The zero-order chi connectivity index (χ0) is 8.55. The number of nitrogen functional groups attached to an aromatic ring is 1. The maximum absolute atomic E-state index is 8.44. The van der Waals surface area contributed by atoms with Crippen molar-refractivity contribution in [2.45, 2.75) is 25.3 Å². The lowest BCUT2D eigenvalue weighted by atomic mass is 10.3. The Bertz CT molecular complexity index is 329. The molecule has 0 amide bonds. The Morgan fingerprint density at radius 3 is 3.08 bits per heavy atom. The van der Waals surface area contributed by atoms with Gasteiger partial charge in [-0.25, -0.2) is 4.68 Å². The summed E-state index contributed by atoms with van der Waals surface area (Å²) in [5.74, 6) is 1.20. The molecule has 0 radical (unpaired) electrons. The van der Waals surface area contributed by atoms with Crippen LogP contribution in [0.5, 0.6) is 0 Å². The van der Waals surface area contributed by atoms with E-state index in [1.807, 2.05) is 12.1 Å². The van der Waals surface area contributed by atoms with Gasteiger partial charge >= 0.3 is 0 Å². The third-order valence-electron chi connectivity index (χ3n) is 2.05. The van der Waals surface area contributed by atoms with Gasteiger partial charge in [-0.15, -0.1) is 0 Å². The summed E-state index contributed by atoms with van der Waals surface area (Å²) in [5, 5.41) is 12.7.